The number of esters is 2. The Morgan fingerprint density at radius 3 is 2.43 bits per heavy atom. The van der Waals surface area contributed by atoms with Crippen LogP contribution < -0.4 is 0 Å². The molecule has 0 spiro atoms. The molecule has 21 heavy (non-hydrogen) atoms. The highest BCUT2D eigenvalue weighted by atomic mass is 35.5. The van der Waals surface area contributed by atoms with Crippen LogP contribution in [0.3, 0.4) is 0 Å². The summed E-state index contributed by atoms with van der Waals surface area (Å²) in [6.07, 6.45) is 0. The normalized spacial score (nSPS) is 11.7. The van der Waals surface area contributed by atoms with E-state index < -0.39 is 17.9 Å². The molecular weight excluding hydrogens is 312 g/mol. The summed E-state index contributed by atoms with van der Waals surface area (Å²) in [4.78, 5) is 24.1. The molecule has 0 saturated heterocycles. The van der Waals surface area contributed by atoms with Crippen LogP contribution in [-0.4, -0.2) is 18.0 Å². The number of ether oxygens (including phenoxy) is 2. The van der Waals surface area contributed by atoms with Gasteiger partial charge in [0.15, 0.2) is 12.0 Å². The predicted octanol–water partition coefficient (Wildman–Crippen LogP) is 3.31. The molecule has 110 valence electrons. The lowest BCUT2D eigenvalue weighted by atomic mass is 10.0. The molecule has 0 N–H and O–H groups in total. The maximum Gasteiger partial charge on any atom is 0.326 e. The first kappa shape index (κ1) is 15.5. The predicted molar refractivity (Wildman–Crippen MR) is 80.1 cm³/mol. The molecule has 1 atom stereocenters. The van der Waals surface area contributed by atoms with E-state index in [4.69, 9.17) is 21.1 Å². The highest BCUT2D eigenvalue weighted by molar-refractivity contribution is 7.08. The first-order valence-electron chi connectivity index (χ1n) is 6.17. The molecule has 0 aliphatic carbocycles. The van der Waals surface area contributed by atoms with Crippen molar-refractivity contribution in [3.63, 3.8) is 0 Å². The van der Waals surface area contributed by atoms with Gasteiger partial charge in [-0.1, -0.05) is 41.9 Å². The fraction of sp³-hybridized carbons (Fsp3) is 0.200. The molecule has 0 bridgehead atoms. The van der Waals surface area contributed by atoms with Crippen molar-refractivity contribution in [2.75, 3.05) is 6.07 Å². The molecule has 1 aromatic carbocycles. The van der Waals surface area contributed by atoms with Crippen LogP contribution in [0.25, 0.3) is 0 Å². The van der Waals surface area contributed by atoms with E-state index in [-0.39, 0.29) is 12.7 Å². The van der Waals surface area contributed by atoms with E-state index >= 15 is 0 Å². The van der Waals surface area contributed by atoms with Gasteiger partial charge in [0.25, 0.3) is 0 Å². The van der Waals surface area contributed by atoms with Gasteiger partial charge in [-0.25, -0.2) is 0 Å². The van der Waals surface area contributed by atoms with Crippen molar-refractivity contribution in [2.45, 2.75) is 12.5 Å². The highest BCUT2D eigenvalue weighted by Crippen LogP contribution is 2.22. The van der Waals surface area contributed by atoms with E-state index in [9.17, 15) is 9.59 Å². The number of alkyl halides is 1. The zero-order valence-electron chi connectivity index (χ0n) is 11.0. The maximum absolute atomic E-state index is 12.2. The molecule has 0 fully saturated rings. The summed E-state index contributed by atoms with van der Waals surface area (Å²) in [7, 11) is 0. The van der Waals surface area contributed by atoms with Crippen molar-refractivity contribution in [3.8, 4) is 0 Å². The van der Waals surface area contributed by atoms with Crippen LogP contribution in [0.2, 0.25) is 0 Å². The zero-order chi connectivity index (χ0) is 15.1. The van der Waals surface area contributed by atoms with E-state index in [1.54, 1.807) is 16.8 Å². The summed E-state index contributed by atoms with van der Waals surface area (Å²) >= 11 is 6.77. The van der Waals surface area contributed by atoms with Gasteiger partial charge in [0.1, 0.15) is 6.61 Å². The third-order valence-electron chi connectivity index (χ3n) is 2.77. The van der Waals surface area contributed by atoms with Gasteiger partial charge in [-0.15, -0.1) is 0 Å². The molecule has 4 nitrogen and oxygen atoms in total. The molecule has 0 amide bonds. The molecule has 2 rings (SSSR count). The van der Waals surface area contributed by atoms with E-state index in [1.165, 1.54) is 11.3 Å². The Labute approximate surface area is 131 Å². The minimum atomic E-state index is -1.10. The van der Waals surface area contributed by atoms with Gasteiger partial charge in [0.2, 0.25) is 0 Å². The molecule has 6 heteroatoms. The Hall–Kier alpha value is -1.85. The minimum Gasteiger partial charge on any atom is -0.460 e. The number of rotatable bonds is 6. The largest absolute Gasteiger partial charge is 0.460 e. The van der Waals surface area contributed by atoms with E-state index in [1.807, 2.05) is 30.3 Å². The molecule has 0 radical (unpaired) electrons. The number of hydrogen-bond donors (Lipinski definition) is 0. The Balaban J connectivity index is 2.06. The van der Waals surface area contributed by atoms with Gasteiger partial charge in [0, 0.05) is 0 Å². The van der Waals surface area contributed by atoms with E-state index in [0.29, 0.717) is 5.56 Å². The molecule has 0 aliphatic rings. The monoisotopic (exact) mass is 324 g/mol. The zero-order valence-corrected chi connectivity index (χ0v) is 12.6. The van der Waals surface area contributed by atoms with Gasteiger partial charge in [0.05, 0.1) is 0 Å². The summed E-state index contributed by atoms with van der Waals surface area (Å²) in [5, 5.41) is 3.49. The minimum absolute atomic E-state index is 0.106. The van der Waals surface area contributed by atoms with Crippen molar-refractivity contribution < 1.29 is 19.1 Å². The molecular formula is C15H13ClO4S. The first-order chi connectivity index (χ1) is 10.2. The van der Waals surface area contributed by atoms with Crippen LogP contribution in [0.5, 0.6) is 0 Å². The molecule has 2 aromatic rings. The number of carbonyl (C=O) groups excluding carboxylic acids is 2. The van der Waals surface area contributed by atoms with Gasteiger partial charge in [-0.2, -0.15) is 11.3 Å². The van der Waals surface area contributed by atoms with Crippen LogP contribution >= 0.6 is 22.9 Å². The molecule has 1 unspecified atom stereocenters. The Morgan fingerprint density at radius 2 is 1.81 bits per heavy atom. The first-order valence-corrected chi connectivity index (χ1v) is 7.65. The van der Waals surface area contributed by atoms with Crippen LogP contribution in [-0.2, 0) is 25.7 Å². The third kappa shape index (κ3) is 4.31. The second kappa shape index (κ2) is 7.81. The number of hydrogen-bond acceptors (Lipinski definition) is 5. The molecule has 1 aromatic heterocycles. The van der Waals surface area contributed by atoms with Crippen LogP contribution in [0.15, 0.2) is 47.2 Å². The SMILES string of the molecule is O=C(OCCl)C(C(=O)OCc1ccccc1)c1ccsc1. The standard InChI is InChI=1S/C15H13ClO4S/c16-10-20-15(18)13(12-6-7-21-9-12)14(17)19-8-11-4-2-1-3-5-11/h1-7,9,13H,8,10H2. The fourth-order valence-corrected chi connectivity index (χ4v) is 2.55. The lowest BCUT2D eigenvalue weighted by molar-refractivity contribution is -0.157. The molecule has 0 saturated carbocycles. The summed E-state index contributed by atoms with van der Waals surface area (Å²) < 4.78 is 9.93. The van der Waals surface area contributed by atoms with Crippen molar-refractivity contribution >= 4 is 34.9 Å². The fourth-order valence-electron chi connectivity index (χ4n) is 1.76. The second-order valence-corrected chi connectivity index (χ2v) is 5.15. The second-order valence-electron chi connectivity index (χ2n) is 4.16. The van der Waals surface area contributed by atoms with Crippen LogP contribution in [0.4, 0.5) is 0 Å². The summed E-state index contributed by atoms with van der Waals surface area (Å²) in [6, 6.07) is 10.6. The van der Waals surface area contributed by atoms with Gasteiger partial charge in [-0.05, 0) is 28.0 Å². The van der Waals surface area contributed by atoms with Crippen molar-refractivity contribution in [1.29, 1.82) is 0 Å². The lowest BCUT2D eigenvalue weighted by Gasteiger charge is -2.13. The van der Waals surface area contributed by atoms with Crippen LogP contribution in [0.1, 0.15) is 17.0 Å². The van der Waals surface area contributed by atoms with Crippen molar-refractivity contribution in [1.82, 2.24) is 0 Å². The van der Waals surface area contributed by atoms with Gasteiger partial charge in [-0.3, -0.25) is 9.59 Å². The average molecular weight is 325 g/mol. The van der Waals surface area contributed by atoms with Crippen LogP contribution in [0, 0.1) is 0 Å². The third-order valence-corrected chi connectivity index (χ3v) is 3.58. The quantitative estimate of drug-likeness (QED) is 0.465. The number of thiophene rings is 1. The van der Waals surface area contributed by atoms with Gasteiger partial charge < -0.3 is 9.47 Å². The number of halogens is 1. The Morgan fingerprint density at radius 1 is 1.10 bits per heavy atom. The van der Waals surface area contributed by atoms with E-state index in [2.05, 4.69) is 0 Å². The van der Waals surface area contributed by atoms with E-state index in [0.717, 1.165) is 5.56 Å². The summed E-state index contributed by atoms with van der Waals surface area (Å²) in [5.41, 5.74) is 1.40. The Bertz CT molecular complexity index is 583. The Kier molecular flexibility index (Phi) is 5.78. The average Bonchev–Trinajstić information content (AvgIpc) is 3.00. The lowest BCUT2D eigenvalue weighted by Crippen LogP contribution is -2.25. The smallest absolute Gasteiger partial charge is 0.326 e. The maximum atomic E-state index is 12.2. The van der Waals surface area contributed by atoms with Gasteiger partial charge >= 0.3 is 11.9 Å². The number of benzene rings is 1. The summed E-state index contributed by atoms with van der Waals surface area (Å²) in [6.45, 7) is 0.106. The molecule has 0 aliphatic heterocycles. The number of carbonyl (C=O) groups is 2. The van der Waals surface area contributed by atoms with Crippen molar-refractivity contribution in [3.05, 3.63) is 58.3 Å². The molecule has 1 heterocycles. The van der Waals surface area contributed by atoms with Crippen molar-refractivity contribution in [2.24, 2.45) is 0 Å². The highest BCUT2D eigenvalue weighted by Gasteiger charge is 2.32. The summed E-state index contributed by atoms with van der Waals surface area (Å²) in [5.74, 6) is -2.45. The topological polar surface area (TPSA) is 52.6 Å².